The fourth-order valence-electron chi connectivity index (χ4n) is 4.78. The normalized spacial score (nSPS) is 39.8. The molecule has 19 heavy (non-hydrogen) atoms. The first-order chi connectivity index (χ1) is 9.15. The summed E-state index contributed by atoms with van der Waals surface area (Å²) in [6.45, 7) is -0.361. The van der Waals surface area contributed by atoms with Crippen LogP contribution in [-0.2, 0) is 4.79 Å². The molecule has 3 saturated carbocycles. The van der Waals surface area contributed by atoms with Crippen LogP contribution < -0.4 is 10.6 Å². The maximum Gasteiger partial charge on any atom is 0.255 e. The van der Waals surface area contributed by atoms with Gasteiger partial charge in [0.05, 0.1) is 13.1 Å². The van der Waals surface area contributed by atoms with Crippen LogP contribution in [0.25, 0.3) is 0 Å². The lowest BCUT2D eigenvalue weighted by molar-refractivity contribution is -0.121. The highest BCUT2D eigenvalue weighted by Crippen LogP contribution is 2.58. The predicted molar refractivity (Wildman–Crippen MR) is 67.8 cm³/mol. The van der Waals surface area contributed by atoms with E-state index in [2.05, 4.69) is 10.6 Å². The minimum absolute atomic E-state index is 0.179. The summed E-state index contributed by atoms with van der Waals surface area (Å²) in [4.78, 5) is 11.4. The van der Waals surface area contributed by atoms with E-state index < -0.39 is 13.0 Å². The Morgan fingerprint density at radius 2 is 1.95 bits per heavy atom. The van der Waals surface area contributed by atoms with Crippen LogP contribution in [0.1, 0.15) is 32.1 Å². The van der Waals surface area contributed by atoms with Gasteiger partial charge in [-0.25, -0.2) is 8.78 Å². The molecule has 0 radical (unpaired) electrons. The van der Waals surface area contributed by atoms with Gasteiger partial charge in [0, 0.05) is 6.04 Å². The molecule has 1 amide bonds. The van der Waals surface area contributed by atoms with E-state index in [4.69, 9.17) is 0 Å². The Labute approximate surface area is 112 Å². The van der Waals surface area contributed by atoms with E-state index in [1.165, 1.54) is 32.1 Å². The number of fused-ring (bicyclic) bond motifs is 5. The largest absolute Gasteiger partial charge is 0.349 e. The van der Waals surface area contributed by atoms with E-state index in [1.54, 1.807) is 0 Å². The second kappa shape index (κ2) is 5.35. The summed E-state index contributed by atoms with van der Waals surface area (Å²) in [5.41, 5.74) is 0. The van der Waals surface area contributed by atoms with Gasteiger partial charge in [0.2, 0.25) is 5.91 Å². The molecule has 3 aliphatic rings. The Bertz CT molecular complexity index is 350. The molecule has 3 fully saturated rings. The molecule has 3 nitrogen and oxygen atoms in total. The van der Waals surface area contributed by atoms with E-state index in [9.17, 15) is 13.6 Å². The minimum atomic E-state index is -2.47. The standard InChI is InChI=1S/C14H22F2N2O/c15-13(16)6-18-14(19)7-17-12-5-8-4-11(12)10-3-1-2-9(8)10/h8-13,17H,1-7H2,(H,18,19)/t8-,9+,10+,11+,12-/m1/s1. The molecular weight excluding hydrogens is 250 g/mol. The van der Waals surface area contributed by atoms with Crippen molar-refractivity contribution >= 4 is 5.91 Å². The van der Waals surface area contributed by atoms with Crippen molar-refractivity contribution in [3.05, 3.63) is 0 Å². The topological polar surface area (TPSA) is 41.1 Å². The first-order valence-electron chi connectivity index (χ1n) is 7.43. The fourth-order valence-corrected chi connectivity index (χ4v) is 4.78. The Morgan fingerprint density at radius 1 is 1.16 bits per heavy atom. The van der Waals surface area contributed by atoms with Gasteiger partial charge in [-0.15, -0.1) is 0 Å². The molecule has 0 aromatic heterocycles. The second-order valence-corrected chi connectivity index (χ2v) is 6.34. The van der Waals surface area contributed by atoms with Crippen molar-refractivity contribution in [2.24, 2.45) is 23.7 Å². The van der Waals surface area contributed by atoms with Crippen LogP contribution in [0.2, 0.25) is 0 Å². The Balaban J connectivity index is 1.44. The van der Waals surface area contributed by atoms with E-state index in [1.807, 2.05) is 0 Å². The molecule has 2 N–H and O–H groups in total. The molecule has 0 saturated heterocycles. The molecule has 5 heteroatoms. The first-order valence-corrected chi connectivity index (χ1v) is 7.43. The van der Waals surface area contributed by atoms with Gasteiger partial charge in [0.1, 0.15) is 0 Å². The van der Waals surface area contributed by atoms with Crippen LogP contribution in [0.5, 0.6) is 0 Å². The van der Waals surface area contributed by atoms with Crippen molar-refractivity contribution in [2.45, 2.75) is 44.6 Å². The molecule has 0 spiro atoms. The summed E-state index contributed by atoms with van der Waals surface area (Å²) in [7, 11) is 0. The van der Waals surface area contributed by atoms with Crippen LogP contribution in [-0.4, -0.2) is 31.5 Å². The van der Waals surface area contributed by atoms with Crippen molar-refractivity contribution in [1.29, 1.82) is 0 Å². The average Bonchev–Trinajstić information content (AvgIpc) is 3.04. The third kappa shape index (κ3) is 2.62. The van der Waals surface area contributed by atoms with Crippen LogP contribution >= 0.6 is 0 Å². The maximum absolute atomic E-state index is 12.0. The number of hydrogen-bond acceptors (Lipinski definition) is 2. The van der Waals surface area contributed by atoms with Crippen molar-refractivity contribution in [3.63, 3.8) is 0 Å². The van der Waals surface area contributed by atoms with Crippen LogP contribution in [0.3, 0.4) is 0 Å². The van der Waals surface area contributed by atoms with E-state index in [0.29, 0.717) is 6.04 Å². The first kappa shape index (κ1) is 13.3. The fraction of sp³-hybridized carbons (Fsp3) is 0.929. The van der Waals surface area contributed by atoms with Crippen LogP contribution in [0, 0.1) is 23.7 Å². The van der Waals surface area contributed by atoms with Gasteiger partial charge in [0.25, 0.3) is 6.43 Å². The van der Waals surface area contributed by atoms with Gasteiger partial charge >= 0.3 is 0 Å². The molecule has 3 rings (SSSR count). The maximum atomic E-state index is 12.0. The zero-order chi connectivity index (χ0) is 13.4. The van der Waals surface area contributed by atoms with Gasteiger partial charge < -0.3 is 10.6 Å². The monoisotopic (exact) mass is 272 g/mol. The molecule has 5 atom stereocenters. The molecule has 108 valence electrons. The Morgan fingerprint density at radius 3 is 2.74 bits per heavy atom. The summed E-state index contributed by atoms with van der Waals surface area (Å²) in [6.07, 6.45) is 4.13. The summed E-state index contributed by atoms with van der Waals surface area (Å²) in [5.74, 6) is 3.06. The quantitative estimate of drug-likeness (QED) is 0.801. The molecule has 0 unspecified atom stereocenters. The van der Waals surface area contributed by atoms with E-state index >= 15 is 0 Å². The highest BCUT2D eigenvalue weighted by molar-refractivity contribution is 5.78. The van der Waals surface area contributed by atoms with Gasteiger partial charge in [0.15, 0.2) is 0 Å². The lowest BCUT2D eigenvalue weighted by atomic mass is 9.79. The summed E-state index contributed by atoms with van der Waals surface area (Å²) in [5, 5.41) is 5.54. The smallest absolute Gasteiger partial charge is 0.255 e. The lowest BCUT2D eigenvalue weighted by Crippen LogP contribution is -2.44. The highest BCUT2D eigenvalue weighted by atomic mass is 19.3. The van der Waals surface area contributed by atoms with Crippen molar-refractivity contribution in [2.75, 3.05) is 13.1 Å². The number of carbonyl (C=O) groups excluding carboxylic acids is 1. The third-order valence-electron chi connectivity index (χ3n) is 5.41. The predicted octanol–water partition coefficient (Wildman–Crippen LogP) is 1.78. The second-order valence-electron chi connectivity index (χ2n) is 6.34. The number of nitrogens with one attached hydrogen (secondary N) is 2. The average molecular weight is 272 g/mol. The van der Waals surface area contributed by atoms with E-state index in [0.717, 1.165) is 23.7 Å². The van der Waals surface area contributed by atoms with Gasteiger partial charge in [-0.1, -0.05) is 6.42 Å². The number of halogens is 2. The number of amides is 1. The molecule has 2 bridgehead atoms. The van der Waals surface area contributed by atoms with Crippen LogP contribution in [0.4, 0.5) is 8.78 Å². The van der Waals surface area contributed by atoms with Crippen molar-refractivity contribution in [1.82, 2.24) is 10.6 Å². The number of hydrogen-bond donors (Lipinski definition) is 2. The van der Waals surface area contributed by atoms with E-state index in [-0.39, 0.29) is 12.5 Å². The SMILES string of the molecule is O=C(CN[C@@H]1C[C@H]2C[C@H]1[C@H]1CCC[C@@H]21)NCC(F)F. The number of rotatable bonds is 5. The zero-order valence-electron chi connectivity index (χ0n) is 11.1. The molecule has 0 aromatic carbocycles. The van der Waals surface area contributed by atoms with Gasteiger partial charge in [-0.3, -0.25) is 4.79 Å². The lowest BCUT2D eigenvalue weighted by Gasteiger charge is -2.32. The molecule has 0 heterocycles. The number of alkyl halides is 2. The highest BCUT2D eigenvalue weighted by Gasteiger charge is 2.53. The van der Waals surface area contributed by atoms with Crippen LogP contribution in [0.15, 0.2) is 0 Å². The molecule has 3 aliphatic carbocycles. The Kier molecular flexibility index (Phi) is 3.74. The van der Waals surface area contributed by atoms with Crippen molar-refractivity contribution < 1.29 is 13.6 Å². The summed E-state index contributed by atoms with van der Waals surface area (Å²) in [6, 6.07) is 0.432. The molecular formula is C14H22F2N2O. The van der Waals surface area contributed by atoms with Crippen molar-refractivity contribution in [3.8, 4) is 0 Å². The minimum Gasteiger partial charge on any atom is -0.349 e. The van der Waals surface area contributed by atoms with Gasteiger partial charge in [-0.2, -0.15) is 0 Å². The Hall–Kier alpha value is -0.710. The number of carbonyl (C=O) groups is 1. The summed E-state index contributed by atoms with van der Waals surface area (Å²) < 4.78 is 23.9. The zero-order valence-corrected chi connectivity index (χ0v) is 11.1. The summed E-state index contributed by atoms with van der Waals surface area (Å²) >= 11 is 0. The molecule has 0 aliphatic heterocycles. The molecule has 0 aromatic rings. The van der Waals surface area contributed by atoms with Gasteiger partial charge in [-0.05, 0) is 49.4 Å². The third-order valence-corrected chi connectivity index (χ3v) is 5.41.